The van der Waals surface area contributed by atoms with E-state index in [4.69, 9.17) is 24.9 Å². The summed E-state index contributed by atoms with van der Waals surface area (Å²) in [5, 5.41) is 7.21. The first-order valence-electron chi connectivity index (χ1n) is 15.9. The van der Waals surface area contributed by atoms with Crippen molar-refractivity contribution in [2.24, 2.45) is 0 Å². The predicted molar refractivity (Wildman–Crippen MR) is 195 cm³/mol. The second-order valence-electron chi connectivity index (χ2n) is 11.9. The van der Waals surface area contributed by atoms with Gasteiger partial charge in [-0.1, -0.05) is 115 Å². The molecule has 222 valence electrons. The van der Waals surface area contributed by atoms with Crippen molar-refractivity contribution in [1.29, 1.82) is 0 Å². The van der Waals surface area contributed by atoms with Gasteiger partial charge >= 0.3 is 0 Å². The van der Waals surface area contributed by atoms with E-state index in [9.17, 15) is 0 Å². The molecular formula is C42H25N6+. The Morgan fingerprint density at radius 3 is 1.04 bits per heavy atom. The van der Waals surface area contributed by atoms with E-state index in [0.29, 0.717) is 27.8 Å². The Morgan fingerprint density at radius 1 is 0.292 bits per heavy atom. The maximum Gasteiger partial charge on any atom is 0.296 e. The Hall–Kier alpha value is -6.66. The number of hydrogen-bond donors (Lipinski definition) is 0. The van der Waals surface area contributed by atoms with E-state index in [-0.39, 0.29) is 0 Å². The van der Waals surface area contributed by atoms with Gasteiger partial charge in [0, 0.05) is 32.3 Å². The van der Waals surface area contributed by atoms with Gasteiger partial charge in [0.2, 0.25) is 0 Å². The Kier molecular flexibility index (Phi) is 5.77. The lowest BCUT2D eigenvalue weighted by Crippen LogP contribution is -2.25. The van der Waals surface area contributed by atoms with E-state index in [2.05, 4.69) is 102 Å². The van der Waals surface area contributed by atoms with Gasteiger partial charge in [0.1, 0.15) is 16.6 Å². The number of nitrogens with zero attached hydrogens (tertiary/aromatic N) is 6. The fourth-order valence-corrected chi connectivity index (χ4v) is 6.88. The highest BCUT2D eigenvalue weighted by molar-refractivity contribution is 6.12. The van der Waals surface area contributed by atoms with Gasteiger partial charge in [-0.3, -0.25) is 0 Å². The molecule has 4 aromatic heterocycles. The summed E-state index contributed by atoms with van der Waals surface area (Å²) in [6, 6.07) is 49.6. The number of pyridine rings is 1. The molecule has 0 aliphatic rings. The molecule has 6 heteroatoms. The monoisotopic (exact) mass is 613 g/mol. The summed E-state index contributed by atoms with van der Waals surface area (Å²) in [6.45, 7) is 0. The Balaban J connectivity index is 1.62. The van der Waals surface area contributed by atoms with Crippen molar-refractivity contribution in [2.45, 2.75) is 0 Å². The molecule has 10 rings (SSSR count). The third kappa shape index (κ3) is 4.06. The molecule has 0 N–H and O–H groups in total. The van der Waals surface area contributed by atoms with Gasteiger partial charge in [-0.05, 0) is 35.7 Å². The van der Waals surface area contributed by atoms with Crippen LogP contribution >= 0.6 is 0 Å². The summed E-state index contributed by atoms with van der Waals surface area (Å²) >= 11 is 0. The molecule has 48 heavy (non-hydrogen) atoms. The molecule has 0 aliphatic heterocycles. The molecule has 6 nitrogen and oxygen atoms in total. The van der Waals surface area contributed by atoms with Crippen molar-refractivity contribution in [1.82, 2.24) is 24.9 Å². The van der Waals surface area contributed by atoms with Gasteiger partial charge in [0.15, 0.2) is 11.0 Å². The summed E-state index contributed by atoms with van der Waals surface area (Å²) < 4.78 is 2.06. The maximum atomic E-state index is 5.41. The van der Waals surface area contributed by atoms with E-state index in [1.54, 1.807) is 0 Å². The van der Waals surface area contributed by atoms with E-state index >= 15 is 0 Å². The normalized spacial score (nSPS) is 11.8. The first kappa shape index (κ1) is 26.5. The van der Waals surface area contributed by atoms with Gasteiger partial charge in [0.25, 0.3) is 11.3 Å². The van der Waals surface area contributed by atoms with Crippen molar-refractivity contribution >= 4 is 93.1 Å². The number of rotatable bonds is 0. The smallest absolute Gasteiger partial charge is 0.243 e. The lowest BCUT2D eigenvalue weighted by Gasteiger charge is -2.07. The molecule has 0 radical (unpaired) electrons. The van der Waals surface area contributed by atoms with Crippen LogP contribution in [-0.4, -0.2) is 24.9 Å². The number of benzene rings is 6. The molecule has 4 heterocycles. The van der Waals surface area contributed by atoms with Crippen molar-refractivity contribution in [3.05, 3.63) is 152 Å². The maximum absolute atomic E-state index is 5.41. The molecule has 0 aliphatic carbocycles. The fraction of sp³-hybridized carbons (Fsp3) is 0. The number of fused-ring (bicyclic) bond motifs is 15. The highest BCUT2D eigenvalue weighted by Gasteiger charge is 2.21. The largest absolute Gasteiger partial charge is 0.296 e. The second-order valence-corrected chi connectivity index (χ2v) is 11.9. The van der Waals surface area contributed by atoms with Crippen LogP contribution in [0.3, 0.4) is 0 Å². The van der Waals surface area contributed by atoms with E-state index < -0.39 is 0 Å². The summed E-state index contributed by atoms with van der Waals surface area (Å²) in [7, 11) is 0. The van der Waals surface area contributed by atoms with Crippen molar-refractivity contribution in [3.8, 4) is 0 Å². The van der Waals surface area contributed by atoms with E-state index in [0.717, 1.165) is 65.3 Å². The minimum Gasteiger partial charge on any atom is -0.243 e. The lowest BCUT2D eigenvalue weighted by atomic mass is 10.1. The van der Waals surface area contributed by atoms with Crippen molar-refractivity contribution < 1.29 is 4.40 Å². The Bertz CT molecular complexity index is 2510. The van der Waals surface area contributed by atoms with Crippen LogP contribution < -0.4 is 4.40 Å². The molecule has 0 bridgehead atoms. The third-order valence-corrected chi connectivity index (χ3v) is 9.10. The van der Waals surface area contributed by atoms with Crippen LogP contribution in [0.15, 0.2) is 152 Å². The summed E-state index contributed by atoms with van der Waals surface area (Å²) in [6.07, 6.45) is 2.12. The number of aromatic nitrogens is 6. The van der Waals surface area contributed by atoms with Crippen molar-refractivity contribution in [2.75, 3.05) is 0 Å². The van der Waals surface area contributed by atoms with Gasteiger partial charge < -0.3 is 0 Å². The molecule has 0 saturated carbocycles. The molecule has 0 unspecified atom stereocenters. The topological polar surface area (TPSA) is 68.6 Å². The minimum atomic E-state index is 0.625. The van der Waals surface area contributed by atoms with Crippen LogP contribution in [0.5, 0.6) is 0 Å². The first-order valence-corrected chi connectivity index (χ1v) is 15.9. The van der Waals surface area contributed by atoms with Crippen LogP contribution in [0, 0.1) is 0 Å². The average Bonchev–Trinajstić information content (AvgIpc) is 3.11. The molecule has 0 saturated heterocycles. The van der Waals surface area contributed by atoms with Gasteiger partial charge in [-0.15, -0.1) is 9.97 Å². The summed E-state index contributed by atoms with van der Waals surface area (Å²) in [5.41, 5.74) is 7.34. The minimum absolute atomic E-state index is 0.625. The summed E-state index contributed by atoms with van der Waals surface area (Å²) in [5.74, 6) is 0. The zero-order valence-corrected chi connectivity index (χ0v) is 25.6. The van der Waals surface area contributed by atoms with Gasteiger partial charge in [-0.25, -0.2) is 15.0 Å². The molecule has 0 spiro atoms. The Labute approximate surface area is 273 Å². The van der Waals surface area contributed by atoms with Crippen LogP contribution in [-0.2, 0) is 0 Å². The SMILES string of the molecule is c1ccc2c(c1)c[n+]1c(nc3ccccc32)c2nc3ccccc3c3ccccc3nc2c2nc3ccccc3c3ccccc3nc21. The van der Waals surface area contributed by atoms with Crippen LogP contribution in [0.4, 0.5) is 0 Å². The lowest BCUT2D eigenvalue weighted by molar-refractivity contribution is -0.483. The fourth-order valence-electron chi connectivity index (χ4n) is 6.88. The molecule has 0 fully saturated rings. The standard InChI is InChI=1S/C42H25N6/c1-2-14-27-26(13-1)25-48-41(46-36-23-11-3-15-28(27)36)39-38(43-33-20-8-4-16-29(33)30-17-5-9-21-34(30)44-39)40-42(48)47-37-24-12-7-19-32(37)31-18-6-10-22-35(31)45-40/h1-25H/q+1. The highest BCUT2D eigenvalue weighted by atomic mass is 15.0. The van der Waals surface area contributed by atoms with Crippen LogP contribution in [0.2, 0.25) is 0 Å². The van der Waals surface area contributed by atoms with E-state index in [1.807, 2.05) is 54.6 Å². The number of hydrogen-bond acceptors (Lipinski definition) is 5. The molecule has 0 amide bonds. The van der Waals surface area contributed by atoms with Crippen LogP contribution in [0.1, 0.15) is 0 Å². The van der Waals surface area contributed by atoms with Gasteiger partial charge in [0.05, 0.1) is 22.7 Å². The molecule has 6 aromatic carbocycles. The predicted octanol–water partition coefficient (Wildman–Crippen LogP) is 9.31. The molecular weight excluding hydrogens is 589 g/mol. The van der Waals surface area contributed by atoms with Gasteiger partial charge in [-0.2, -0.15) is 4.40 Å². The highest BCUT2D eigenvalue weighted by Crippen LogP contribution is 2.29. The molecule has 0 atom stereocenters. The number of para-hydroxylation sites is 5. The third-order valence-electron chi connectivity index (χ3n) is 9.10. The zero-order chi connectivity index (χ0) is 31.6. The summed E-state index contributed by atoms with van der Waals surface area (Å²) in [4.78, 5) is 27.1. The van der Waals surface area contributed by atoms with Crippen LogP contribution in [0.25, 0.3) is 93.1 Å². The first-order chi connectivity index (χ1) is 23.8. The average molecular weight is 614 g/mol. The quantitative estimate of drug-likeness (QED) is 0.160. The zero-order valence-electron chi connectivity index (χ0n) is 25.6. The second kappa shape index (κ2) is 10.4. The van der Waals surface area contributed by atoms with E-state index in [1.165, 1.54) is 0 Å². The molecule has 10 aromatic rings. The van der Waals surface area contributed by atoms with Crippen molar-refractivity contribution in [3.63, 3.8) is 0 Å². The Morgan fingerprint density at radius 2 is 0.604 bits per heavy atom.